The van der Waals surface area contributed by atoms with Crippen LogP contribution in [0.3, 0.4) is 0 Å². The van der Waals surface area contributed by atoms with Crippen molar-refractivity contribution < 1.29 is 4.79 Å². The average Bonchev–Trinajstić information content (AvgIpc) is 2.50. The SMILES string of the molecule is CCN(C1CCC(N)CC1)C1CCN(C(=O)N(C)C)CC1. The van der Waals surface area contributed by atoms with Crippen molar-refractivity contribution in [3.05, 3.63) is 0 Å². The lowest BCUT2D eigenvalue weighted by atomic mass is 9.88. The monoisotopic (exact) mass is 296 g/mol. The molecule has 2 amide bonds. The number of carbonyl (C=O) groups is 1. The van der Waals surface area contributed by atoms with E-state index in [4.69, 9.17) is 5.73 Å². The Morgan fingerprint density at radius 2 is 1.57 bits per heavy atom. The van der Waals surface area contributed by atoms with Crippen LogP contribution in [0.5, 0.6) is 0 Å². The highest BCUT2D eigenvalue weighted by Gasteiger charge is 2.32. The molecule has 1 aliphatic heterocycles. The van der Waals surface area contributed by atoms with Crippen LogP contribution in [-0.2, 0) is 0 Å². The van der Waals surface area contributed by atoms with Crippen molar-refractivity contribution in [1.29, 1.82) is 0 Å². The van der Waals surface area contributed by atoms with Gasteiger partial charge in [0.05, 0.1) is 0 Å². The molecule has 0 spiro atoms. The molecule has 1 saturated carbocycles. The van der Waals surface area contributed by atoms with Gasteiger partial charge in [0.1, 0.15) is 0 Å². The lowest BCUT2D eigenvalue weighted by Crippen LogP contribution is -2.52. The van der Waals surface area contributed by atoms with Gasteiger partial charge in [-0.15, -0.1) is 0 Å². The van der Waals surface area contributed by atoms with Gasteiger partial charge < -0.3 is 15.5 Å². The van der Waals surface area contributed by atoms with E-state index in [1.165, 1.54) is 25.7 Å². The second-order valence-electron chi connectivity index (χ2n) is 6.79. The van der Waals surface area contributed by atoms with Gasteiger partial charge in [-0.1, -0.05) is 6.92 Å². The van der Waals surface area contributed by atoms with Gasteiger partial charge >= 0.3 is 6.03 Å². The topological polar surface area (TPSA) is 52.8 Å². The Hall–Kier alpha value is -0.810. The van der Waals surface area contributed by atoms with Crippen molar-refractivity contribution in [2.75, 3.05) is 33.7 Å². The summed E-state index contributed by atoms with van der Waals surface area (Å²) in [7, 11) is 3.66. The molecule has 0 aromatic heterocycles. The number of hydrogen-bond acceptors (Lipinski definition) is 3. The summed E-state index contributed by atoms with van der Waals surface area (Å²) in [6.07, 6.45) is 7.03. The molecule has 122 valence electrons. The van der Waals surface area contributed by atoms with Crippen LogP contribution in [0.4, 0.5) is 4.79 Å². The number of carbonyl (C=O) groups excluding carboxylic acids is 1. The van der Waals surface area contributed by atoms with Gasteiger partial charge in [0.15, 0.2) is 0 Å². The molecule has 2 aliphatic rings. The summed E-state index contributed by atoms with van der Waals surface area (Å²) in [5.41, 5.74) is 6.03. The molecular weight excluding hydrogens is 264 g/mol. The quantitative estimate of drug-likeness (QED) is 0.863. The van der Waals surface area contributed by atoms with Gasteiger partial charge in [0, 0.05) is 45.3 Å². The molecule has 1 saturated heterocycles. The van der Waals surface area contributed by atoms with Gasteiger partial charge in [-0.3, -0.25) is 4.90 Å². The van der Waals surface area contributed by atoms with E-state index < -0.39 is 0 Å². The first-order valence-corrected chi connectivity index (χ1v) is 8.50. The highest BCUT2D eigenvalue weighted by atomic mass is 16.2. The molecular formula is C16H32N4O. The first-order chi connectivity index (χ1) is 10.0. The molecule has 2 fully saturated rings. The van der Waals surface area contributed by atoms with Crippen LogP contribution in [-0.4, -0.2) is 72.6 Å². The van der Waals surface area contributed by atoms with E-state index in [1.54, 1.807) is 4.90 Å². The number of nitrogens with zero attached hydrogens (tertiary/aromatic N) is 3. The maximum Gasteiger partial charge on any atom is 0.319 e. The Balaban J connectivity index is 1.86. The van der Waals surface area contributed by atoms with Gasteiger partial charge in [0.2, 0.25) is 0 Å². The van der Waals surface area contributed by atoms with E-state index in [9.17, 15) is 4.79 Å². The first-order valence-electron chi connectivity index (χ1n) is 8.50. The zero-order chi connectivity index (χ0) is 15.4. The van der Waals surface area contributed by atoms with E-state index in [0.29, 0.717) is 18.1 Å². The fourth-order valence-corrected chi connectivity index (χ4v) is 3.92. The summed E-state index contributed by atoms with van der Waals surface area (Å²) in [5.74, 6) is 0. The van der Waals surface area contributed by atoms with E-state index in [2.05, 4.69) is 11.8 Å². The third kappa shape index (κ3) is 4.10. The molecule has 1 heterocycles. The normalized spacial score (nSPS) is 28.0. The molecule has 0 radical (unpaired) electrons. The second-order valence-corrected chi connectivity index (χ2v) is 6.79. The van der Waals surface area contributed by atoms with Crippen molar-refractivity contribution in [3.8, 4) is 0 Å². The standard InChI is InChI=1S/C16H32N4O/c1-4-20(14-7-5-13(17)6-8-14)15-9-11-19(12-10-15)16(21)18(2)3/h13-15H,4-12,17H2,1-3H3. The lowest BCUT2D eigenvalue weighted by Gasteiger charge is -2.44. The van der Waals surface area contributed by atoms with Crippen molar-refractivity contribution >= 4 is 6.03 Å². The fraction of sp³-hybridized carbons (Fsp3) is 0.938. The third-order valence-corrected chi connectivity index (χ3v) is 5.16. The molecule has 5 nitrogen and oxygen atoms in total. The number of amides is 2. The molecule has 0 aromatic carbocycles. The van der Waals surface area contributed by atoms with Crippen molar-refractivity contribution in [3.63, 3.8) is 0 Å². The van der Waals surface area contributed by atoms with Crippen LogP contribution in [0.2, 0.25) is 0 Å². The number of piperidine rings is 1. The predicted octanol–water partition coefficient (Wildman–Crippen LogP) is 1.72. The summed E-state index contributed by atoms with van der Waals surface area (Å²) < 4.78 is 0. The van der Waals surface area contributed by atoms with Crippen molar-refractivity contribution in [2.45, 2.75) is 63.6 Å². The molecule has 1 aliphatic carbocycles. The Labute approximate surface area is 129 Å². The summed E-state index contributed by atoms with van der Waals surface area (Å²) in [5, 5.41) is 0. The highest BCUT2D eigenvalue weighted by molar-refractivity contribution is 5.73. The van der Waals surface area contributed by atoms with Crippen molar-refractivity contribution in [2.24, 2.45) is 5.73 Å². The lowest BCUT2D eigenvalue weighted by molar-refractivity contribution is 0.0634. The van der Waals surface area contributed by atoms with E-state index in [0.717, 1.165) is 32.5 Å². The van der Waals surface area contributed by atoms with Crippen LogP contribution >= 0.6 is 0 Å². The minimum atomic E-state index is 0.153. The predicted molar refractivity (Wildman–Crippen MR) is 86.3 cm³/mol. The van der Waals surface area contributed by atoms with E-state index >= 15 is 0 Å². The largest absolute Gasteiger partial charge is 0.331 e. The minimum absolute atomic E-state index is 0.153. The number of urea groups is 1. The Bertz CT molecular complexity index is 331. The Kier molecular flexibility index (Phi) is 5.88. The smallest absolute Gasteiger partial charge is 0.319 e. The molecule has 0 atom stereocenters. The number of nitrogens with two attached hydrogens (primary N) is 1. The van der Waals surface area contributed by atoms with Crippen molar-refractivity contribution in [1.82, 2.24) is 14.7 Å². The molecule has 21 heavy (non-hydrogen) atoms. The van der Waals surface area contributed by atoms with Crippen LogP contribution in [0.1, 0.15) is 45.4 Å². The van der Waals surface area contributed by atoms with E-state index in [-0.39, 0.29) is 6.03 Å². The highest BCUT2D eigenvalue weighted by Crippen LogP contribution is 2.27. The van der Waals surface area contributed by atoms with E-state index in [1.807, 2.05) is 19.0 Å². The average molecular weight is 296 g/mol. The van der Waals surface area contributed by atoms with Gasteiger partial charge in [-0.25, -0.2) is 4.79 Å². The maximum atomic E-state index is 12.0. The first kappa shape index (κ1) is 16.6. The van der Waals surface area contributed by atoms with Gasteiger partial charge in [-0.05, 0) is 45.1 Å². The summed E-state index contributed by atoms with van der Waals surface area (Å²) >= 11 is 0. The summed E-state index contributed by atoms with van der Waals surface area (Å²) in [6, 6.07) is 1.91. The third-order valence-electron chi connectivity index (χ3n) is 5.16. The second kappa shape index (κ2) is 7.45. The molecule has 0 bridgehead atoms. The van der Waals surface area contributed by atoms with Crippen LogP contribution in [0.25, 0.3) is 0 Å². The van der Waals surface area contributed by atoms with Crippen LogP contribution < -0.4 is 5.73 Å². The number of rotatable bonds is 3. The minimum Gasteiger partial charge on any atom is -0.331 e. The summed E-state index contributed by atoms with van der Waals surface area (Å²) in [4.78, 5) is 18.4. The number of hydrogen-bond donors (Lipinski definition) is 1. The number of likely N-dealkylation sites (tertiary alicyclic amines) is 1. The van der Waals surface area contributed by atoms with Gasteiger partial charge in [0.25, 0.3) is 0 Å². The maximum absolute atomic E-state index is 12.0. The Morgan fingerprint density at radius 3 is 2.05 bits per heavy atom. The molecule has 2 rings (SSSR count). The molecule has 0 unspecified atom stereocenters. The molecule has 2 N–H and O–H groups in total. The summed E-state index contributed by atoms with van der Waals surface area (Å²) in [6.45, 7) is 5.17. The zero-order valence-electron chi connectivity index (χ0n) is 13.9. The van der Waals surface area contributed by atoms with Crippen LogP contribution in [0.15, 0.2) is 0 Å². The van der Waals surface area contributed by atoms with Crippen LogP contribution in [0, 0.1) is 0 Å². The fourth-order valence-electron chi connectivity index (χ4n) is 3.92. The molecule has 5 heteroatoms. The Morgan fingerprint density at radius 1 is 1.05 bits per heavy atom. The van der Waals surface area contributed by atoms with Gasteiger partial charge in [-0.2, -0.15) is 0 Å². The molecule has 0 aromatic rings. The zero-order valence-corrected chi connectivity index (χ0v) is 13.9.